The van der Waals surface area contributed by atoms with Crippen molar-refractivity contribution in [2.45, 2.75) is 64.6 Å². The molecule has 1 heterocycles. The number of ether oxygens (including phenoxy) is 1. The molecule has 7 heteroatoms. The molecule has 1 fully saturated rings. The lowest BCUT2D eigenvalue weighted by atomic mass is 10.1. The Morgan fingerprint density at radius 3 is 2.52 bits per heavy atom. The van der Waals surface area contributed by atoms with Crippen LogP contribution in [0.15, 0.2) is 0 Å². The van der Waals surface area contributed by atoms with Crippen LogP contribution in [0.4, 0.5) is 4.79 Å². The highest BCUT2D eigenvalue weighted by Gasteiger charge is 2.36. The van der Waals surface area contributed by atoms with Crippen molar-refractivity contribution in [2.75, 3.05) is 6.54 Å². The fraction of sp³-hybridized carbons (Fsp3) is 0.786. The van der Waals surface area contributed by atoms with E-state index in [1.54, 1.807) is 27.7 Å². The zero-order chi connectivity index (χ0) is 16.2. The van der Waals surface area contributed by atoms with Gasteiger partial charge in [0.05, 0.1) is 0 Å². The van der Waals surface area contributed by atoms with Gasteiger partial charge in [-0.3, -0.25) is 9.59 Å². The smallest absolute Gasteiger partial charge is 0.408 e. The lowest BCUT2D eigenvalue weighted by Crippen LogP contribution is -2.53. The highest BCUT2D eigenvalue weighted by Crippen LogP contribution is 2.18. The van der Waals surface area contributed by atoms with Crippen LogP contribution in [0.3, 0.4) is 0 Å². The number of rotatable bonds is 4. The quantitative estimate of drug-likeness (QED) is 0.816. The van der Waals surface area contributed by atoms with Gasteiger partial charge in [-0.2, -0.15) is 0 Å². The minimum Gasteiger partial charge on any atom is -0.444 e. The summed E-state index contributed by atoms with van der Waals surface area (Å²) >= 11 is 0. The molecule has 3 N–H and O–H groups in total. The van der Waals surface area contributed by atoms with Crippen LogP contribution in [0.1, 0.15) is 49.8 Å². The Labute approximate surface area is 128 Å². The molecule has 0 bridgehead atoms. The van der Waals surface area contributed by atoms with E-state index >= 15 is 0 Å². The van der Waals surface area contributed by atoms with Gasteiger partial charge < -0.3 is 20.7 Å². The van der Waals surface area contributed by atoms with Crippen LogP contribution in [0, 0.1) is 0 Å². The van der Waals surface area contributed by atoms with Gasteiger partial charge in [0.2, 0.25) is 11.8 Å². The van der Waals surface area contributed by atoms with E-state index in [2.05, 4.69) is 5.32 Å². The van der Waals surface area contributed by atoms with Crippen LogP contribution >= 0.6 is 0 Å². The minimum absolute atomic E-state index is 0. The molecule has 0 aromatic heterocycles. The molecular weight excluding hydrogens is 274 g/mol. The summed E-state index contributed by atoms with van der Waals surface area (Å²) < 4.78 is 5.14. The van der Waals surface area contributed by atoms with Crippen molar-refractivity contribution >= 4 is 17.9 Å². The lowest BCUT2D eigenvalue weighted by molar-refractivity contribution is -0.139. The summed E-state index contributed by atoms with van der Waals surface area (Å²) in [6.07, 6.45) is 1.09. The van der Waals surface area contributed by atoms with Crippen molar-refractivity contribution in [2.24, 2.45) is 5.73 Å². The normalized spacial score (nSPS) is 20.0. The molecule has 7 nitrogen and oxygen atoms in total. The number of hydrogen-bond acceptors (Lipinski definition) is 4. The molecule has 1 aliphatic rings. The molecule has 0 aromatic carbocycles. The second-order valence-corrected chi connectivity index (χ2v) is 6.20. The number of likely N-dealkylation sites (tertiary alicyclic amines) is 1. The van der Waals surface area contributed by atoms with Crippen LogP contribution in [0.25, 0.3) is 0 Å². The third kappa shape index (κ3) is 4.91. The van der Waals surface area contributed by atoms with E-state index in [1.807, 2.05) is 0 Å². The molecule has 1 rings (SSSR count). The SMILES string of the molecule is CC[C@H](NC(=O)OC(C)(C)C)C(=O)N1CCC[C@H]1C(N)=O.[HH].[HH]. The van der Waals surface area contributed by atoms with E-state index in [0.717, 1.165) is 6.42 Å². The van der Waals surface area contributed by atoms with Gasteiger partial charge in [-0.1, -0.05) is 6.92 Å². The Balaban J connectivity index is 0. The van der Waals surface area contributed by atoms with Gasteiger partial charge in [0.25, 0.3) is 0 Å². The molecule has 2 atom stereocenters. The van der Waals surface area contributed by atoms with E-state index in [-0.39, 0.29) is 8.76 Å². The van der Waals surface area contributed by atoms with Crippen LogP contribution in [0.2, 0.25) is 0 Å². The summed E-state index contributed by atoms with van der Waals surface area (Å²) in [5.74, 6) is -0.794. The van der Waals surface area contributed by atoms with E-state index in [1.165, 1.54) is 4.90 Å². The number of nitrogens with one attached hydrogen (secondary N) is 1. The average molecular weight is 303 g/mol. The van der Waals surface area contributed by atoms with Crippen molar-refractivity contribution in [3.63, 3.8) is 0 Å². The Morgan fingerprint density at radius 2 is 2.05 bits per heavy atom. The minimum atomic E-state index is -0.709. The number of hydrogen-bond donors (Lipinski definition) is 2. The summed E-state index contributed by atoms with van der Waals surface area (Å²) in [4.78, 5) is 37.0. The Bertz CT molecular complexity index is 427. The predicted octanol–water partition coefficient (Wildman–Crippen LogP) is 1.26. The Hall–Kier alpha value is -1.79. The van der Waals surface area contributed by atoms with Crippen LogP contribution in [0.5, 0.6) is 0 Å². The molecule has 3 amide bonds. The highest BCUT2D eigenvalue weighted by molar-refractivity contribution is 5.91. The third-order valence-corrected chi connectivity index (χ3v) is 3.26. The topological polar surface area (TPSA) is 102 Å². The summed E-state index contributed by atoms with van der Waals surface area (Å²) in [6.45, 7) is 7.52. The molecule has 0 radical (unpaired) electrons. The first-order valence-corrected chi connectivity index (χ1v) is 7.25. The summed E-state index contributed by atoms with van der Waals surface area (Å²) in [5.41, 5.74) is 4.68. The maximum Gasteiger partial charge on any atom is 0.408 e. The first-order valence-electron chi connectivity index (χ1n) is 7.25. The van der Waals surface area contributed by atoms with Crippen molar-refractivity contribution in [3.8, 4) is 0 Å². The predicted molar refractivity (Wildman–Crippen MR) is 81.6 cm³/mol. The largest absolute Gasteiger partial charge is 0.444 e. The second kappa shape index (κ2) is 6.78. The average Bonchev–Trinajstić information content (AvgIpc) is 2.82. The maximum absolute atomic E-state index is 12.4. The molecule has 21 heavy (non-hydrogen) atoms. The number of primary amides is 1. The molecule has 0 unspecified atom stereocenters. The fourth-order valence-electron chi connectivity index (χ4n) is 2.31. The van der Waals surface area contributed by atoms with E-state index in [4.69, 9.17) is 10.5 Å². The van der Waals surface area contributed by atoms with Crippen LogP contribution < -0.4 is 11.1 Å². The number of alkyl carbamates (subject to hydrolysis) is 1. The van der Waals surface area contributed by atoms with Crippen molar-refractivity contribution in [1.82, 2.24) is 10.2 Å². The van der Waals surface area contributed by atoms with E-state index < -0.39 is 29.7 Å². The first kappa shape index (κ1) is 17.3. The van der Waals surface area contributed by atoms with Gasteiger partial charge in [0.15, 0.2) is 0 Å². The van der Waals surface area contributed by atoms with Gasteiger partial charge in [0, 0.05) is 9.40 Å². The summed E-state index contributed by atoms with van der Waals surface area (Å²) in [6, 6.07) is -1.29. The Morgan fingerprint density at radius 1 is 1.43 bits per heavy atom. The fourth-order valence-corrected chi connectivity index (χ4v) is 2.31. The standard InChI is InChI=1S/C14H25N3O4.2H2/c1-5-9(16-13(20)21-14(2,3)4)12(19)17-8-6-7-10(17)11(15)18;;/h9-10H,5-8H2,1-4H3,(H2,15,18)(H,16,20);2*1H/t9-,10-;;/m0../s1. The molecule has 1 aliphatic heterocycles. The van der Waals surface area contributed by atoms with Gasteiger partial charge >= 0.3 is 6.09 Å². The zero-order valence-corrected chi connectivity index (χ0v) is 13.1. The summed E-state index contributed by atoms with van der Waals surface area (Å²) in [7, 11) is 0. The molecule has 124 valence electrons. The molecule has 0 spiro atoms. The molecule has 1 saturated heterocycles. The monoisotopic (exact) mass is 303 g/mol. The first-order chi connectivity index (χ1) is 9.65. The summed E-state index contributed by atoms with van der Waals surface area (Å²) in [5, 5.41) is 2.55. The van der Waals surface area contributed by atoms with Gasteiger partial charge in [-0.05, 0) is 40.0 Å². The van der Waals surface area contributed by atoms with Crippen molar-refractivity contribution in [3.05, 3.63) is 0 Å². The van der Waals surface area contributed by atoms with Crippen LogP contribution in [-0.4, -0.2) is 47.0 Å². The number of amides is 3. The number of carbonyl (C=O) groups excluding carboxylic acids is 3. The zero-order valence-electron chi connectivity index (χ0n) is 13.1. The van der Waals surface area contributed by atoms with Gasteiger partial charge in [-0.25, -0.2) is 4.79 Å². The molecule has 0 aromatic rings. The van der Waals surface area contributed by atoms with Gasteiger partial charge in [-0.15, -0.1) is 0 Å². The third-order valence-electron chi connectivity index (χ3n) is 3.26. The van der Waals surface area contributed by atoms with Crippen molar-refractivity contribution in [1.29, 1.82) is 0 Å². The van der Waals surface area contributed by atoms with Crippen LogP contribution in [-0.2, 0) is 14.3 Å². The highest BCUT2D eigenvalue weighted by atomic mass is 16.6. The Kier molecular flexibility index (Phi) is 5.57. The molecule has 0 aliphatic carbocycles. The lowest BCUT2D eigenvalue weighted by Gasteiger charge is -2.28. The van der Waals surface area contributed by atoms with Crippen molar-refractivity contribution < 1.29 is 22.0 Å². The number of nitrogens with zero attached hydrogens (tertiary/aromatic N) is 1. The maximum atomic E-state index is 12.4. The number of carbonyl (C=O) groups is 3. The van der Waals surface area contributed by atoms with E-state index in [9.17, 15) is 14.4 Å². The molecular formula is C14H29N3O4. The van der Waals surface area contributed by atoms with E-state index in [0.29, 0.717) is 19.4 Å². The number of nitrogens with two attached hydrogens (primary N) is 1. The second-order valence-electron chi connectivity index (χ2n) is 6.20. The van der Waals surface area contributed by atoms with Gasteiger partial charge in [0.1, 0.15) is 17.7 Å². The molecule has 0 saturated carbocycles.